The number of carbonyl (C=O) groups is 1. The van der Waals surface area contributed by atoms with Gasteiger partial charge in [-0.3, -0.25) is 4.79 Å². The molecule has 1 amide bonds. The van der Waals surface area contributed by atoms with E-state index in [0.717, 1.165) is 22.6 Å². The van der Waals surface area contributed by atoms with Crippen LogP contribution in [0.3, 0.4) is 0 Å². The molecule has 0 aliphatic heterocycles. The molecule has 0 aliphatic rings. The maximum atomic E-state index is 12.0. The van der Waals surface area contributed by atoms with Gasteiger partial charge in [0, 0.05) is 24.1 Å². The van der Waals surface area contributed by atoms with Crippen LogP contribution in [0.15, 0.2) is 59.1 Å². The van der Waals surface area contributed by atoms with E-state index in [1.165, 1.54) is 0 Å². The third-order valence-corrected chi connectivity index (χ3v) is 3.80. The van der Waals surface area contributed by atoms with Crippen molar-refractivity contribution in [1.82, 2.24) is 4.98 Å². The van der Waals surface area contributed by atoms with Crippen molar-refractivity contribution in [3.05, 3.63) is 66.2 Å². The Labute approximate surface area is 146 Å². The molecule has 0 saturated carbocycles. The summed E-state index contributed by atoms with van der Waals surface area (Å²) in [6.07, 6.45) is 2.44. The fraction of sp³-hybridized carbons (Fsp3) is 0.200. The first-order chi connectivity index (χ1) is 12.1. The molecule has 3 aromatic rings. The average Bonchev–Trinajstić information content (AvgIpc) is 3.09. The zero-order valence-corrected chi connectivity index (χ0v) is 14.3. The van der Waals surface area contributed by atoms with E-state index in [4.69, 9.17) is 9.15 Å². The van der Waals surface area contributed by atoms with E-state index in [1.807, 2.05) is 55.5 Å². The Balaban J connectivity index is 1.56. The molecule has 0 saturated heterocycles. The predicted molar refractivity (Wildman–Crippen MR) is 96.6 cm³/mol. The first kappa shape index (κ1) is 16.8. The van der Waals surface area contributed by atoms with Gasteiger partial charge in [0.2, 0.25) is 5.91 Å². The number of hydrogen-bond donors (Lipinski definition) is 1. The van der Waals surface area contributed by atoms with Crippen LogP contribution in [0.5, 0.6) is 5.75 Å². The largest absolute Gasteiger partial charge is 0.497 e. The smallest absolute Gasteiger partial charge is 0.224 e. The lowest BCUT2D eigenvalue weighted by Gasteiger charge is -2.05. The molecule has 0 unspecified atom stereocenters. The van der Waals surface area contributed by atoms with Crippen LogP contribution >= 0.6 is 0 Å². The second kappa shape index (κ2) is 7.66. The van der Waals surface area contributed by atoms with Crippen molar-refractivity contribution in [2.75, 3.05) is 12.4 Å². The van der Waals surface area contributed by atoms with Crippen LogP contribution in [0.4, 0.5) is 5.69 Å². The normalized spacial score (nSPS) is 10.5. The third kappa shape index (κ3) is 4.47. The summed E-state index contributed by atoms with van der Waals surface area (Å²) < 4.78 is 10.9. The van der Waals surface area contributed by atoms with Crippen LogP contribution < -0.4 is 10.1 Å². The Kier molecular flexibility index (Phi) is 5.14. The van der Waals surface area contributed by atoms with Gasteiger partial charge < -0.3 is 14.5 Å². The molecule has 0 aliphatic carbocycles. The summed E-state index contributed by atoms with van der Waals surface area (Å²) in [5.41, 5.74) is 2.83. The number of carbonyl (C=O) groups excluding carboxylic acids is 1. The maximum Gasteiger partial charge on any atom is 0.224 e. The first-order valence-corrected chi connectivity index (χ1v) is 8.10. The molecular weight excluding hydrogens is 316 g/mol. The highest BCUT2D eigenvalue weighted by Gasteiger charge is 2.09. The molecular formula is C20H20N2O3. The van der Waals surface area contributed by atoms with Crippen molar-refractivity contribution >= 4 is 11.6 Å². The number of ether oxygens (including phenoxy) is 1. The van der Waals surface area contributed by atoms with Gasteiger partial charge in [-0.15, -0.1) is 0 Å². The summed E-state index contributed by atoms with van der Waals surface area (Å²) in [5, 5.41) is 2.88. The topological polar surface area (TPSA) is 64.4 Å². The van der Waals surface area contributed by atoms with E-state index in [9.17, 15) is 4.79 Å². The van der Waals surface area contributed by atoms with Gasteiger partial charge in [-0.25, -0.2) is 4.98 Å². The molecule has 5 heteroatoms. The highest BCUT2D eigenvalue weighted by molar-refractivity contribution is 5.90. The van der Waals surface area contributed by atoms with Crippen LogP contribution in [0.2, 0.25) is 0 Å². The Hall–Kier alpha value is -3.08. The van der Waals surface area contributed by atoms with E-state index in [0.29, 0.717) is 24.5 Å². The van der Waals surface area contributed by atoms with Gasteiger partial charge in [0.15, 0.2) is 11.7 Å². The van der Waals surface area contributed by atoms with Crippen LogP contribution in [-0.4, -0.2) is 18.0 Å². The van der Waals surface area contributed by atoms with Crippen molar-refractivity contribution in [2.45, 2.75) is 19.8 Å². The van der Waals surface area contributed by atoms with Gasteiger partial charge in [0.1, 0.15) is 5.75 Å². The zero-order valence-electron chi connectivity index (χ0n) is 14.3. The lowest BCUT2D eigenvalue weighted by Crippen LogP contribution is -2.12. The predicted octanol–water partition coefficient (Wildman–Crippen LogP) is 4.23. The van der Waals surface area contributed by atoms with E-state index < -0.39 is 0 Å². The van der Waals surface area contributed by atoms with E-state index in [-0.39, 0.29) is 5.91 Å². The summed E-state index contributed by atoms with van der Waals surface area (Å²) in [5.74, 6) is 1.95. The molecule has 0 spiro atoms. The molecule has 2 aromatic carbocycles. The number of amides is 1. The van der Waals surface area contributed by atoms with Gasteiger partial charge in [0.25, 0.3) is 0 Å². The van der Waals surface area contributed by atoms with Crippen molar-refractivity contribution in [3.63, 3.8) is 0 Å². The van der Waals surface area contributed by atoms with E-state index in [1.54, 1.807) is 13.3 Å². The third-order valence-electron chi connectivity index (χ3n) is 3.80. The van der Waals surface area contributed by atoms with E-state index >= 15 is 0 Å². The minimum absolute atomic E-state index is 0.0604. The molecule has 128 valence electrons. The highest BCUT2D eigenvalue weighted by atomic mass is 16.5. The molecule has 25 heavy (non-hydrogen) atoms. The minimum Gasteiger partial charge on any atom is -0.497 e. The Morgan fingerprint density at radius 2 is 2.00 bits per heavy atom. The second-order valence-corrected chi connectivity index (χ2v) is 5.76. The SMILES string of the molecule is COc1ccc(-c2cnc(CCC(=O)Nc3cccc(C)c3)o2)cc1. The highest BCUT2D eigenvalue weighted by Crippen LogP contribution is 2.23. The maximum absolute atomic E-state index is 12.0. The Bertz CT molecular complexity index is 853. The van der Waals surface area contributed by atoms with Crippen LogP contribution in [-0.2, 0) is 11.2 Å². The molecule has 3 rings (SSSR count). The van der Waals surface area contributed by atoms with Gasteiger partial charge in [-0.05, 0) is 48.9 Å². The summed E-state index contributed by atoms with van der Waals surface area (Å²) in [4.78, 5) is 16.3. The number of nitrogens with one attached hydrogen (secondary N) is 1. The number of aromatic nitrogens is 1. The molecule has 1 N–H and O–H groups in total. The number of benzene rings is 2. The van der Waals surface area contributed by atoms with E-state index in [2.05, 4.69) is 10.3 Å². The summed E-state index contributed by atoms with van der Waals surface area (Å²) in [6, 6.07) is 15.3. The quantitative estimate of drug-likeness (QED) is 0.731. The number of nitrogens with zero attached hydrogens (tertiary/aromatic N) is 1. The molecule has 0 bridgehead atoms. The average molecular weight is 336 g/mol. The fourth-order valence-corrected chi connectivity index (χ4v) is 2.48. The van der Waals surface area contributed by atoms with Gasteiger partial charge >= 0.3 is 0 Å². The summed E-state index contributed by atoms with van der Waals surface area (Å²) >= 11 is 0. The van der Waals surface area contributed by atoms with Gasteiger partial charge in [0.05, 0.1) is 13.3 Å². The van der Waals surface area contributed by atoms with Crippen LogP contribution in [0.25, 0.3) is 11.3 Å². The standard InChI is InChI=1S/C20H20N2O3/c1-14-4-3-5-16(12-14)22-19(23)10-11-20-21-13-18(25-20)15-6-8-17(24-2)9-7-15/h3-9,12-13H,10-11H2,1-2H3,(H,22,23). The zero-order chi connectivity index (χ0) is 17.6. The van der Waals surface area contributed by atoms with Crippen molar-refractivity contribution < 1.29 is 13.9 Å². The molecule has 0 radical (unpaired) electrons. The van der Waals surface area contributed by atoms with Crippen molar-refractivity contribution in [1.29, 1.82) is 0 Å². The van der Waals surface area contributed by atoms with Crippen LogP contribution in [0.1, 0.15) is 17.9 Å². The molecule has 5 nitrogen and oxygen atoms in total. The monoisotopic (exact) mass is 336 g/mol. The fourth-order valence-electron chi connectivity index (χ4n) is 2.48. The second-order valence-electron chi connectivity index (χ2n) is 5.76. The summed E-state index contributed by atoms with van der Waals surface area (Å²) in [6.45, 7) is 1.99. The first-order valence-electron chi connectivity index (χ1n) is 8.10. The number of oxazole rings is 1. The number of rotatable bonds is 6. The Morgan fingerprint density at radius 1 is 1.20 bits per heavy atom. The van der Waals surface area contributed by atoms with Gasteiger partial charge in [-0.1, -0.05) is 12.1 Å². The van der Waals surface area contributed by atoms with Crippen LogP contribution in [0, 0.1) is 6.92 Å². The lowest BCUT2D eigenvalue weighted by atomic mass is 10.2. The molecule has 1 heterocycles. The minimum atomic E-state index is -0.0604. The lowest BCUT2D eigenvalue weighted by molar-refractivity contribution is -0.116. The molecule has 0 fully saturated rings. The molecule has 0 atom stereocenters. The summed E-state index contributed by atoms with van der Waals surface area (Å²) in [7, 11) is 1.63. The number of methoxy groups -OCH3 is 1. The number of anilines is 1. The molecule has 1 aromatic heterocycles. The van der Waals surface area contributed by atoms with Gasteiger partial charge in [-0.2, -0.15) is 0 Å². The number of hydrogen-bond acceptors (Lipinski definition) is 4. The van der Waals surface area contributed by atoms with Crippen molar-refractivity contribution in [2.24, 2.45) is 0 Å². The Morgan fingerprint density at radius 3 is 2.72 bits per heavy atom. The number of aryl methyl sites for hydroxylation is 2. The van der Waals surface area contributed by atoms with Crippen molar-refractivity contribution in [3.8, 4) is 17.1 Å².